The largest absolute Gasteiger partial charge is 0.368 e. The molecule has 2 rings (SSSR count). The summed E-state index contributed by atoms with van der Waals surface area (Å²) in [6.07, 6.45) is 3.53. The van der Waals surface area contributed by atoms with Crippen LogP contribution >= 0.6 is 0 Å². The average molecular weight is 200 g/mol. The van der Waals surface area contributed by atoms with Gasteiger partial charge < -0.3 is 5.73 Å². The standard InChI is InChI=1S/C11H12N4/c1-9-8-15(11(12)14-9)13-7-10-5-3-2-4-6-10/h2-8H,1H3,(H2,12,14)/b13-7-. The Morgan fingerprint density at radius 3 is 2.67 bits per heavy atom. The van der Waals surface area contributed by atoms with Gasteiger partial charge in [-0.1, -0.05) is 30.3 Å². The highest BCUT2D eigenvalue weighted by Crippen LogP contribution is 2.03. The number of imidazole rings is 1. The first kappa shape index (κ1) is 9.45. The molecular weight excluding hydrogens is 188 g/mol. The predicted molar refractivity (Wildman–Crippen MR) is 60.8 cm³/mol. The maximum Gasteiger partial charge on any atom is 0.221 e. The quantitative estimate of drug-likeness (QED) is 0.749. The van der Waals surface area contributed by atoms with E-state index in [1.165, 1.54) is 0 Å². The number of nitrogens with zero attached hydrogens (tertiary/aromatic N) is 3. The van der Waals surface area contributed by atoms with E-state index in [1.54, 1.807) is 17.1 Å². The minimum Gasteiger partial charge on any atom is -0.368 e. The summed E-state index contributed by atoms with van der Waals surface area (Å²) < 4.78 is 1.56. The van der Waals surface area contributed by atoms with Crippen LogP contribution in [0.3, 0.4) is 0 Å². The fourth-order valence-corrected chi connectivity index (χ4v) is 1.26. The number of hydrogen-bond acceptors (Lipinski definition) is 3. The zero-order valence-electron chi connectivity index (χ0n) is 8.46. The zero-order valence-corrected chi connectivity index (χ0v) is 8.46. The Balaban J connectivity index is 2.22. The number of hydrogen-bond donors (Lipinski definition) is 1. The lowest BCUT2D eigenvalue weighted by Gasteiger charge is -1.94. The van der Waals surface area contributed by atoms with Crippen LogP contribution in [0.5, 0.6) is 0 Å². The van der Waals surface area contributed by atoms with Crippen molar-refractivity contribution in [3.05, 3.63) is 47.8 Å². The van der Waals surface area contributed by atoms with E-state index in [0.29, 0.717) is 5.95 Å². The van der Waals surface area contributed by atoms with Crippen LogP contribution in [0.1, 0.15) is 11.3 Å². The van der Waals surface area contributed by atoms with Crippen molar-refractivity contribution in [3.8, 4) is 0 Å². The van der Waals surface area contributed by atoms with E-state index in [2.05, 4.69) is 10.1 Å². The SMILES string of the molecule is Cc1cn(/N=C\c2ccccc2)c(N)n1. The molecule has 0 saturated carbocycles. The number of rotatable bonds is 2. The van der Waals surface area contributed by atoms with Crippen LogP contribution in [-0.4, -0.2) is 15.9 Å². The first-order valence-electron chi connectivity index (χ1n) is 4.66. The van der Waals surface area contributed by atoms with Crippen LogP contribution in [0.4, 0.5) is 5.95 Å². The molecule has 1 aromatic heterocycles. The third-order valence-corrected chi connectivity index (χ3v) is 1.97. The molecule has 4 heteroatoms. The Bertz CT molecular complexity index is 471. The van der Waals surface area contributed by atoms with Crippen molar-refractivity contribution in [3.63, 3.8) is 0 Å². The Kier molecular flexibility index (Phi) is 2.49. The highest BCUT2D eigenvalue weighted by atomic mass is 15.4. The second-order valence-corrected chi connectivity index (χ2v) is 3.24. The molecule has 2 N–H and O–H groups in total. The fourth-order valence-electron chi connectivity index (χ4n) is 1.26. The maximum atomic E-state index is 5.64. The Morgan fingerprint density at radius 2 is 2.07 bits per heavy atom. The van der Waals surface area contributed by atoms with Gasteiger partial charge in [-0.3, -0.25) is 0 Å². The van der Waals surface area contributed by atoms with Gasteiger partial charge in [-0.25, -0.2) is 9.66 Å². The minimum atomic E-state index is 0.402. The lowest BCUT2D eigenvalue weighted by Crippen LogP contribution is -1.96. The highest BCUT2D eigenvalue weighted by Gasteiger charge is 1.97. The molecule has 1 aromatic carbocycles. The third kappa shape index (κ3) is 2.22. The Hall–Kier alpha value is -2.10. The maximum absolute atomic E-state index is 5.64. The molecule has 0 radical (unpaired) electrons. The van der Waals surface area contributed by atoms with E-state index in [4.69, 9.17) is 5.73 Å². The van der Waals surface area contributed by atoms with Gasteiger partial charge in [0.15, 0.2) is 0 Å². The third-order valence-electron chi connectivity index (χ3n) is 1.97. The lowest BCUT2D eigenvalue weighted by atomic mass is 10.2. The molecule has 0 spiro atoms. The molecule has 2 aromatic rings. The van der Waals surface area contributed by atoms with Crippen molar-refractivity contribution in [1.29, 1.82) is 0 Å². The van der Waals surface area contributed by atoms with Gasteiger partial charge >= 0.3 is 0 Å². The number of benzene rings is 1. The molecule has 76 valence electrons. The van der Waals surface area contributed by atoms with Gasteiger partial charge in [-0.15, -0.1) is 0 Å². The van der Waals surface area contributed by atoms with Gasteiger partial charge in [0.25, 0.3) is 0 Å². The minimum absolute atomic E-state index is 0.402. The monoisotopic (exact) mass is 200 g/mol. The summed E-state index contributed by atoms with van der Waals surface area (Å²) in [4.78, 5) is 4.05. The van der Waals surface area contributed by atoms with Crippen molar-refractivity contribution >= 4 is 12.2 Å². The summed E-state index contributed by atoms with van der Waals surface area (Å²) in [5.41, 5.74) is 7.53. The van der Waals surface area contributed by atoms with Gasteiger partial charge in [-0.2, -0.15) is 5.10 Å². The summed E-state index contributed by atoms with van der Waals surface area (Å²) in [6, 6.07) is 9.84. The second-order valence-electron chi connectivity index (χ2n) is 3.24. The smallest absolute Gasteiger partial charge is 0.221 e. The average Bonchev–Trinajstić information content (AvgIpc) is 2.56. The van der Waals surface area contributed by atoms with Crippen molar-refractivity contribution < 1.29 is 0 Å². The van der Waals surface area contributed by atoms with Gasteiger partial charge in [0.05, 0.1) is 18.1 Å². The van der Waals surface area contributed by atoms with Gasteiger partial charge in [-0.05, 0) is 12.5 Å². The highest BCUT2D eigenvalue weighted by molar-refractivity contribution is 5.79. The Morgan fingerprint density at radius 1 is 1.33 bits per heavy atom. The molecule has 0 unspecified atom stereocenters. The van der Waals surface area contributed by atoms with Crippen molar-refractivity contribution in [1.82, 2.24) is 9.66 Å². The van der Waals surface area contributed by atoms with Crippen LogP contribution in [0.15, 0.2) is 41.6 Å². The summed E-state index contributed by atoms with van der Waals surface area (Å²) in [6.45, 7) is 1.88. The van der Waals surface area contributed by atoms with E-state index in [9.17, 15) is 0 Å². The second kappa shape index (κ2) is 3.96. The number of anilines is 1. The normalized spacial score (nSPS) is 11.0. The molecule has 0 fully saturated rings. The summed E-state index contributed by atoms with van der Waals surface area (Å²) >= 11 is 0. The molecule has 0 bridgehead atoms. The summed E-state index contributed by atoms with van der Waals surface area (Å²) in [5.74, 6) is 0.402. The fraction of sp³-hybridized carbons (Fsp3) is 0.0909. The number of nitrogens with two attached hydrogens (primary N) is 1. The molecule has 4 nitrogen and oxygen atoms in total. The number of aryl methyl sites for hydroxylation is 1. The molecular formula is C11H12N4. The number of nitrogen functional groups attached to an aromatic ring is 1. The van der Waals surface area contributed by atoms with Crippen molar-refractivity contribution in [2.75, 3.05) is 5.73 Å². The van der Waals surface area contributed by atoms with Crippen molar-refractivity contribution in [2.24, 2.45) is 5.10 Å². The van der Waals surface area contributed by atoms with E-state index < -0.39 is 0 Å². The first-order chi connectivity index (χ1) is 7.25. The summed E-state index contributed by atoms with van der Waals surface area (Å²) in [7, 11) is 0. The van der Waals surface area contributed by atoms with Gasteiger partial charge in [0.2, 0.25) is 5.95 Å². The van der Waals surface area contributed by atoms with Crippen LogP contribution < -0.4 is 5.73 Å². The van der Waals surface area contributed by atoms with Crippen LogP contribution in [-0.2, 0) is 0 Å². The zero-order chi connectivity index (χ0) is 10.7. The van der Waals surface area contributed by atoms with Crippen LogP contribution in [0.2, 0.25) is 0 Å². The molecule has 0 aliphatic carbocycles. The first-order valence-corrected chi connectivity index (χ1v) is 4.66. The van der Waals surface area contributed by atoms with Gasteiger partial charge in [0, 0.05) is 0 Å². The van der Waals surface area contributed by atoms with E-state index in [0.717, 1.165) is 11.3 Å². The summed E-state index contributed by atoms with van der Waals surface area (Å²) in [5, 5.41) is 4.20. The molecule has 15 heavy (non-hydrogen) atoms. The predicted octanol–water partition coefficient (Wildman–Crippen LogP) is 1.66. The molecule has 0 aliphatic heterocycles. The molecule has 0 amide bonds. The van der Waals surface area contributed by atoms with Gasteiger partial charge in [0.1, 0.15) is 0 Å². The molecule has 0 aliphatic rings. The Labute approximate surface area is 88.1 Å². The number of aromatic nitrogens is 2. The van der Waals surface area contributed by atoms with E-state index in [1.807, 2.05) is 37.3 Å². The lowest BCUT2D eigenvalue weighted by molar-refractivity contribution is 0.897. The van der Waals surface area contributed by atoms with Crippen LogP contribution in [0, 0.1) is 6.92 Å². The molecule has 0 atom stereocenters. The molecule has 1 heterocycles. The van der Waals surface area contributed by atoms with E-state index in [-0.39, 0.29) is 0 Å². The van der Waals surface area contributed by atoms with E-state index >= 15 is 0 Å². The molecule has 0 saturated heterocycles. The topological polar surface area (TPSA) is 56.2 Å². The van der Waals surface area contributed by atoms with Crippen LogP contribution in [0.25, 0.3) is 0 Å². The van der Waals surface area contributed by atoms with Crippen molar-refractivity contribution in [2.45, 2.75) is 6.92 Å².